The van der Waals surface area contributed by atoms with E-state index >= 15 is 0 Å². The van der Waals surface area contributed by atoms with Gasteiger partial charge in [0.1, 0.15) is 11.9 Å². The third-order valence-electron chi connectivity index (χ3n) is 3.02. The molecule has 0 aliphatic rings. The molecule has 6 nitrogen and oxygen atoms in total. The summed E-state index contributed by atoms with van der Waals surface area (Å²) in [5.41, 5.74) is 1.39. The Bertz CT molecular complexity index is 772. The number of aryl methyl sites for hydroxylation is 1. The van der Waals surface area contributed by atoms with E-state index in [-0.39, 0.29) is 17.0 Å². The van der Waals surface area contributed by atoms with Crippen molar-refractivity contribution in [3.63, 3.8) is 0 Å². The number of aromatic carboxylic acids is 1. The number of carboxylic acids is 1. The quantitative estimate of drug-likeness (QED) is 0.901. The van der Waals surface area contributed by atoms with E-state index in [1.54, 1.807) is 12.1 Å². The molecule has 0 aliphatic carbocycles. The second kappa shape index (κ2) is 6.01. The normalized spacial score (nSPS) is 11.3. The highest BCUT2D eigenvalue weighted by atomic mass is 32.2. The molecular formula is C14H14N2O4S. The molecule has 1 aromatic heterocycles. The Hall–Kier alpha value is -2.28. The molecule has 110 valence electrons. The number of sulfone groups is 1. The van der Waals surface area contributed by atoms with Crippen LogP contribution >= 0.6 is 0 Å². The van der Waals surface area contributed by atoms with Gasteiger partial charge in [0.05, 0.1) is 17.2 Å². The van der Waals surface area contributed by atoms with Crippen LogP contribution < -0.4 is 0 Å². The average Bonchev–Trinajstić information content (AvgIpc) is 2.41. The van der Waals surface area contributed by atoms with E-state index in [0.717, 1.165) is 18.1 Å². The monoisotopic (exact) mass is 306 g/mol. The third kappa shape index (κ3) is 3.85. The molecule has 1 heterocycles. The van der Waals surface area contributed by atoms with Gasteiger partial charge in [0, 0.05) is 6.20 Å². The number of nitrogens with zero attached hydrogens (tertiary/aromatic N) is 2. The first-order valence-electron chi connectivity index (χ1n) is 6.16. The van der Waals surface area contributed by atoms with Crippen molar-refractivity contribution in [1.82, 2.24) is 9.97 Å². The number of hydrogen-bond donors (Lipinski definition) is 1. The summed E-state index contributed by atoms with van der Waals surface area (Å²) in [7, 11) is -3.52. The van der Waals surface area contributed by atoms with Gasteiger partial charge in [-0.1, -0.05) is 24.3 Å². The van der Waals surface area contributed by atoms with Gasteiger partial charge in [-0.2, -0.15) is 0 Å². The lowest BCUT2D eigenvalue weighted by Gasteiger charge is -2.08. The van der Waals surface area contributed by atoms with Crippen molar-refractivity contribution in [3.05, 3.63) is 59.2 Å². The molecule has 2 aromatic rings. The number of benzene rings is 1. The summed E-state index contributed by atoms with van der Waals surface area (Å²) in [6.07, 6.45) is 2.25. The minimum Gasteiger partial charge on any atom is -0.478 e. The summed E-state index contributed by atoms with van der Waals surface area (Å²) in [5.74, 6) is -1.81. The second-order valence-electron chi connectivity index (χ2n) is 4.65. The van der Waals surface area contributed by atoms with Gasteiger partial charge < -0.3 is 5.11 Å². The van der Waals surface area contributed by atoms with E-state index in [1.165, 1.54) is 0 Å². The van der Waals surface area contributed by atoms with Gasteiger partial charge in [-0.3, -0.25) is 0 Å². The highest BCUT2D eigenvalue weighted by Crippen LogP contribution is 2.16. The first-order chi connectivity index (χ1) is 9.89. The summed E-state index contributed by atoms with van der Waals surface area (Å²) in [4.78, 5) is 18.4. The number of rotatable bonds is 5. The van der Waals surface area contributed by atoms with E-state index in [2.05, 4.69) is 9.97 Å². The number of hydrogen-bond acceptors (Lipinski definition) is 5. The van der Waals surface area contributed by atoms with Crippen LogP contribution in [0.5, 0.6) is 0 Å². The van der Waals surface area contributed by atoms with E-state index in [0.29, 0.717) is 5.56 Å². The molecule has 0 saturated carbocycles. The van der Waals surface area contributed by atoms with Crippen LogP contribution in [0, 0.1) is 6.92 Å². The zero-order chi connectivity index (χ0) is 15.5. The minimum absolute atomic E-state index is 0.00563. The van der Waals surface area contributed by atoms with Gasteiger partial charge in [-0.25, -0.2) is 23.2 Å². The molecule has 0 spiro atoms. The van der Waals surface area contributed by atoms with Crippen LogP contribution in [0.15, 0.2) is 36.8 Å². The van der Waals surface area contributed by atoms with Gasteiger partial charge in [-0.15, -0.1) is 0 Å². The molecular weight excluding hydrogens is 292 g/mol. The molecule has 1 aromatic carbocycles. The third-order valence-corrected chi connectivity index (χ3v) is 4.48. The van der Waals surface area contributed by atoms with Crippen LogP contribution in [0.4, 0.5) is 0 Å². The van der Waals surface area contributed by atoms with Gasteiger partial charge in [-0.05, 0) is 18.1 Å². The standard InChI is InChI=1S/C14H14N2O4S/c1-10-4-2-3-5-11(10)7-21(19,20)8-13-12(14(17)18)6-15-9-16-13/h2-6,9H,7-8H2,1H3,(H,17,18). The first-order valence-corrected chi connectivity index (χ1v) is 7.98. The van der Waals surface area contributed by atoms with Crippen LogP contribution in [0.25, 0.3) is 0 Å². The Kier molecular flexibility index (Phi) is 4.32. The molecule has 2 rings (SSSR count). The molecule has 0 atom stereocenters. The van der Waals surface area contributed by atoms with Crippen molar-refractivity contribution in [1.29, 1.82) is 0 Å². The van der Waals surface area contributed by atoms with Crippen molar-refractivity contribution >= 4 is 15.8 Å². The van der Waals surface area contributed by atoms with Crippen molar-refractivity contribution in [3.8, 4) is 0 Å². The maximum absolute atomic E-state index is 12.2. The van der Waals surface area contributed by atoms with Crippen LogP contribution in [0.1, 0.15) is 27.2 Å². The van der Waals surface area contributed by atoms with Crippen LogP contribution in [-0.2, 0) is 21.3 Å². The fourth-order valence-corrected chi connectivity index (χ4v) is 3.46. The lowest BCUT2D eigenvalue weighted by atomic mass is 10.1. The van der Waals surface area contributed by atoms with E-state index < -0.39 is 21.6 Å². The Morgan fingerprint density at radius 2 is 1.95 bits per heavy atom. The fraction of sp³-hybridized carbons (Fsp3) is 0.214. The summed E-state index contributed by atoms with van der Waals surface area (Å²) in [5, 5.41) is 9.02. The predicted molar refractivity (Wildman–Crippen MR) is 76.5 cm³/mol. The largest absolute Gasteiger partial charge is 0.478 e. The molecule has 1 N–H and O–H groups in total. The zero-order valence-corrected chi connectivity index (χ0v) is 12.2. The summed E-state index contributed by atoms with van der Waals surface area (Å²) >= 11 is 0. The van der Waals surface area contributed by atoms with E-state index in [1.807, 2.05) is 19.1 Å². The molecule has 21 heavy (non-hydrogen) atoms. The minimum atomic E-state index is -3.52. The maximum atomic E-state index is 12.2. The highest BCUT2D eigenvalue weighted by Gasteiger charge is 2.20. The first kappa shape index (κ1) is 15.1. The van der Waals surface area contributed by atoms with Crippen molar-refractivity contribution in [2.45, 2.75) is 18.4 Å². The number of carbonyl (C=O) groups is 1. The average molecular weight is 306 g/mol. The van der Waals surface area contributed by atoms with Gasteiger partial charge in [0.25, 0.3) is 0 Å². The summed E-state index contributed by atoms with van der Waals surface area (Å²) in [6, 6.07) is 7.17. The van der Waals surface area contributed by atoms with Gasteiger partial charge in [0.15, 0.2) is 9.84 Å². The highest BCUT2D eigenvalue weighted by molar-refractivity contribution is 7.89. The Labute approximate surface area is 122 Å². The molecule has 0 aliphatic heterocycles. The van der Waals surface area contributed by atoms with Gasteiger partial charge in [0.2, 0.25) is 0 Å². The topological polar surface area (TPSA) is 97.2 Å². The van der Waals surface area contributed by atoms with Crippen molar-refractivity contribution in [2.75, 3.05) is 0 Å². The predicted octanol–water partition coefficient (Wildman–Crippen LogP) is 1.60. The van der Waals surface area contributed by atoms with Crippen LogP contribution in [-0.4, -0.2) is 29.5 Å². The lowest BCUT2D eigenvalue weighted by Crippen LogP contribution is -2.13. The van der Waals surface area contributed by atoms with Crippen LogP contribution in [0.2, 0.25) is 0 Å². The van der Waals surface area contributed by atoms with Crippen LogP contribution in [0.3, 0.4) is 0 Å². The molecule has 0 amide bonds. The fourth-order valence-electron chi connectivity index (χ4n) is 1.92. The smallest absolute Gasteiger partial charge is 0.339 e. The number of carboxylic acid groups (broad SMARTS) is 1. The van der Waals surface area contributed by atoms with Crippen molar-refractivity contribution < 1.29 is 18.3 Å². The van der Waals surface area contributed by atoms with Crippen molar-refractivity contribution in [2.24, 2.45) is 0 Å². The number of aromatic nitrogens is 2. The Morgan fingerprint density at radius 1 is 1.24 bits per heavy atom. The molecule has 0 fully saturated rings. The molecule has 7 heteroatoms. The Balaban J connectivity index is 2.27. The molecule has 0 bridgehead atoms. The summed E-state index contributed by atoms with van der Waals surface area (Å²) in [6.45, 7) is 1.83. The molecule has 0 radical (unpaired) electrons. The van der Waals surface area contributed by atoms with E-state index in [9.17, 15) is 13.2 Å². The molecule has 0 saturated heterocycles. The maximum Gasteiger partial charge on any atom is 0.339 e. The van der Waals surface area contributed by atoms with E-state index in [4.69, 9.17) is 5.11 Å². The Morgan fingerprint density at radius 3 is 2.62 bits per heavy atom. The summed E-state index contributed by atoms with van der Waals surface area (Å²) < 4.78 is 24.5. The van der Waals surface area contributed by atoms with Gasteiger partial charge >= 0.3 is 5.97 Å². The lowest BCUT2D eigenvalue weighted by molar-refractivity contribution is 0.0695. The zero-order valence-electron chi connectivity index (χ0n) is 11.4. The second-order valence-corrected chi connectivity index (χ2v) is 6.71. The SMILES string of the molecule is Cc1ccccc1CS(=O)(=O)Cc1ncncc1C(=O)O. The molecule has 0 unspecified atom stereocenters.